The number of methoxy groups -OCH3 is 1. The number of halogens is 3. The summed E-state index contributed by atoms with van der Waals surface area (Å²) in [6.07, 6.45) is -1.31. The van der Waals surface area contributed by atoms with Crippen LogP contribution in [-0.4, -0.2) is 113 Å². The van der Waals surface area contributed by atoms with Crippen LogP contribution in [0, 0.1) is 17.8 Å². The van der Waals surface area contributed by atoms with Crippen LogP contribution < -0.4 is 24.2 Å². The topological polar surface area (TPSA) is 194 Å². The van der Waals surface area contributed by atoms with E-state index in [-0.39, 0.29) is 48.9 Å². The molecule has 7 atom stereocenters. The van der Waals surface area contributed by atoms with E-state index >= 15 is 4.79 Å². The average Bonchev–Trinajstić information content (AvgIpc) is 4.09. The number of benzene rings is 1. The number of carbonyl (C=O) groups excluding carboxylic acids is 3. The van der Waals surface area contributed by atoms with Crippen molar-refractivity contribution in [2.45, 2.75) is 139 Å². The van der Waals surface area contributed by atoms with Crippen LogP contribution in [0.25, 0.3) is 10.8 Å². The molecule has 19 heteroatoms. The Bertz CT molecular complexity index is 2270. The Morgan fingerprint density at radius 2 is 1.89 bits per heavy atom. The lowest BCUT2D eigenvalue weighted by Crippen LogP contribution is -2.66. The highest BCUT2D eigenvalue weighted by Crippen LogP contribution is 2.48. The molecule has 0 spiro atoms. The van der Waals surface area contributed by atoms with Crippen molar-refractivity contribution in [1.82, 2.24) is 24.8 Å². The first-order chi connectivity index (χ1) is 29.1. The number of ether oxygens (including phenoxy) is 3. The molecule has 1 aromatic heterocycles. The molecule has 1 aromatic carbocycles. The van der Waals surface area contributed by atoms with Gasteiger partial charge >= 0.3 is 12.3 Å². The fraction of sp³-hybridized carbons (Fsp3) is 0.651. The minimum Gasteiger partial charge on any atom is -0.497 e. The number of nitrogens with zero attached hydrogens (tertiary/aromatic N) is 3. The average molecular weight is 892 g/mol. The quantitative estimate of drug-likeness (QED) is 0.255. The lowest BCUT2D eigenvalue weighted by molar-refractivity contribution is -0.222. The lowest BCUT2D eigenvalue weighted by Gasteiger charge is -2.46. The van der Waals surface area contributed by atoms with E-state index in [4.69, 9.17) is 19.2 Å². The number of rotatable bonds is 9. The molecule has 3 aliphatic heterocycles. The van der Waals surface area contributed by atoms with Gasteiger partial charge in [0, 0.05) is 23.3 Å². The van der Waals surface area contributed by atoms with E-state index in [1.807, 2.05) is 19.1 Å². The number of sulfonamides is 1. The molecule has 62 heavy (non-hydrogen) atoms. The van der Waals surface area contributed by atoms with Crippen molar-refractivity contribution < 1.29 is 60.1 Å². The summed E-state index contributed by atoms with van der Waals surface area (Å²) in [5.74, 6) is -3.57. The molecule has 4 heterocycles. The van der Waals surface area contributed by atoms with E-state index in [0.29, 0.717) is 69.6 Å². The maximum Gasteiger partial charge on any atom is 0.411 e. The molecule has 340 valence electrons. The minimum absolute atomic E-state index is 0.0467. The van der Waals surface area contributed by atoms with Crippen LogP contribution in [0.1, 0.15) is 98.0 Å². The largest absolute Gasteiger partial charge is 0.497 e. The Labute approximate surface area is 359 Å². The van der Waals surface area contributed by atoms with E-state index in [1.54, 1.807) is 25.1 Å². The molecule has 15 nitrogen and oxygen atoms in total. The summed E-state index contributed by atoms with van der Waals surface area (Å²) in [6.45, 7) is 6.53. The molecule has 0 radical (unpaired) electrons. The number of carbonyl (C=O) groups is 4. The van der Waals surface area contributed by atoms with Crippen LogP contribution in [0.15, 0.2) is 30.4 Å². The molecule has 0 unspecified atom stereocenters. The Morgan fingerprint density at radius 1 is 1.16 bits per heavy atom. The number of pyridine rings is 1. The summed E-state index contributed by atoms with van der Waals surface area (Å²) in [7, 11) is -2.60. The number of fused-ring (bicyclic) bond motifs is 5. The van der Waals surface area contributed by atoms with Gasteiger partial charge in [0.1, 0.15) is 35.0 Å². The summed E-state index contributed by atoms with van der Waals surface area (Å²) in [6, 6.07) is 1.90. The number of hydrogen-bond acceptors (Lipinski definition) is 10. The first kappa shape index (κ1) is 45.2. The van der Waals surface area contributed by atoms with Crippen LogP contribution in [-0.2, 0) is 30.8 Å². The van der Waals surface area contributed by atoms with Crippen LogP contribution in [0.5, 0.6) is 17.5 Å². The monoisotopic (exact) mass is 891 g/mol. The number of carboxylic acid groups (broad SMARTS) is 1. The second-order valence-corrected chi connectivity index (χ2v) is 20.6. The third kappa shape index (κ3) is 8.25. The molecule has 5 aliphatic rings. The van der Waals surface area contributed by atoms with Gasteiger partial charge in [-0.2, -0.15) is 18.2 Å². The maximum absolute atomic E-state index is 15.3. The number of allylic oxidation sites excluding steroid dienone is 1. The maximum atomic E-state index is 15.3. The van der Waals surface area contributed by atoms with Gasteiger partial charge in [0.05, 0.1) is 25.0 Å². The lowest BCUT2D eigenvalue weighted by atomic mass is 9.82. The fourth-order valence-electron chi connectivity index (χ4n) is 9.22. The summed E-state index contributed by atoms with van der Waals surface area (Å²) in [5.41, 5.74) is -3.94. The molecular formula is C43H56F3N5O10S. The summed E-state index contributed by atoms with van der Waals surface area (Å²) in [5, 5.41) is 14.7. The van der Waals surface area contributed by atoms with Crippen molar-refractivity contribution in [3.63, 3.8) is 0 Å². The summed E-state index contributed by atoms with van der Waals surface area (Å²) in [4.78, 5) is 63.1. The fourth-order valence-corrected chi connectivity index (χ4v) is 10.5. The summed E-state index contributed by atoms with van der Waals surface area (Å²) < 4.78 is 90.2. The standard InChI is InChI=1S/C43H56F3N5O10S/c1-7-25-19-24(2)11-8-9-12-26-22-42(26,38(54)49-62(57,58)41(5)16-17-41)48-34(52)32-21-28(23-50(32)37(53)33(25)51(39(55)56)40(3,4)43(44,45)46)61-36-30-15-14-27(59-6)20-31(30)29-13-10-18-60-35(29)47-36/h9,12,14-15,20,24-26,28,32-33H,7-8,10-11,13,16-19,21-23H2,1-6H3,(H,48,52)(H,49,54)(H,55,56)/b12-9-/t24-,25+,26+,28+,32-,33-,42+/m0/s1. The normalized spacial score (nSPS) is 29.3. The van der Waals surface area contributed by atoms with Gasteiger partial charge in [-0.3, -0.25) is 24.0 Å². The first-order valence-corrected chi connectivity index (χ1v) is 22.8. The van der Waals surface area contributed by atoms with Gasteiger partial charge in [-0.15, -0.1) is 0 Å². The van der Waals surface area contributed by atoms with E-state index in [1.165, 1.54) is 14.0 Å². The zero-order valence-electron chi connectivity index (χ0n) is 35.8. The molecular weight excluding hydrogens is 836 g/mol. The van der Waals surface area contributed by atoms with Gasteiger partial charge in [0.25, 0.3) is 5.91 Å². The molecule has 1 saturated heterocycles. The second-order valence-electron chi connectivity index (χ2n) is 18.4. The Morgan fingerprint density at radius 3 is 2.53 bits per heavy atom. The van der Waals surface area contributed by atoms with Gasteiger partial charge < -0.3 is 29.5 Å². The van der Waals surface area contributed by atoms with Crippen molar-refractivity contribution >= 4 is 44.6 Å². The third-order valence-electron chi connectivity index (χ3n) is 13.7. The van der Waals surface area contributed by atoms with Crippen LogP contribution in [0.4, 0.5) is 18.0 Å². The number of hydrogen-bond donors (Lipinski definition) is 3. The first-order valence-electron chi connectivity index (χ1n) is 21.3. The highest BCUT2D eigenvalue weighted by atomic mass is 32.2. The van der Waals surface area contributed by atoms with E-state index in [0.717, 1.165) is 22.3 Å². The summed E-state index contributed by atoms with van der Waals surface area (Å²) >= 11 is 0. The third-order valence-corrected chi connectivity index (χ3v) is 15.8. The van der Waals surface area contributed by atoms with Gasteiger partial charge in [0.2, 0.25) is 33.6 Å². The zero-order valence-corrected chi connectivity index (χ0v) is 36.7. The molecule has 2 saturated carbocycles. The highest BCUT2D eigenvalue weighted by molar-refractivity contribution is 7.91. The van der Waals surface area contributed by atoms with E-state index in [2.05, 4.69) is 10.0 Å². The van der Waals surface area contributed by atoms with E-state index < -0.39 is 85.9 Å². The molecule has 2 aromatic rings. The predicted octanol–water partition coefficient (Wildman–Crippen LogP) is 5.88. The number of alkyl halides is 3. The van der Waals surface area contributed by atoms with Gasteiger partial charge in [-0.25, -0.2) is 13.2 Å². The molecule has 4 amide bonds. The predicted molar refractivity (Wildman–Crippen MR) is 220 cm³/mol. The molecule has 3 N–H and O–H groups in total. The molecule has 7 rings (SSSR count). The van der Waals surface area contributed by atoms with Crippen molar-refractivity contribution in [3.05, 3.63) is 35.9 Å². The smallest absolute Gasteiger partial charge is 0.411 e. The van der Waals surface area contributed by atoms with Gasteiger partial charge in [-0.1, -0.05) is 32.4 Å². The number of aromatic nitrogens is 1. The SMILES string of the molecule is CC[C@@H]1C[C@@H](C)CC/C=C\[C@@H]2C[C@@]2(C(=O)NS(=O)(=O)C2(C)CC2)NC(=O)[C@@H]2C[C@@H](Oc3nc4c(c5cc(OC)ccc35)CCCO4)CN2C(=O)[C@H]1N(C(=O)O)C(C)(C)C(F)(F)F. The van der Waals surface area contributed by atoms with Crippen molar-refractivity contribution in [2.75, 3.05) is 20.3 Å². The molecule has 2 aliphatic carbocycles. The Balaban J connectivity index is 1.32. The number of nitrogens with one attached hydrogen (secondary N) is 2. The van der Waals surface area contributed by atoms with Crippen molar-refractivity contribution in [1.29, 1.82) is 0 Å². The molecule has 3 fully saturated rings. The van der Waals surface area contributed by atoms with Crippen LogP contribution in [0.2, 0.25) is 0 Å². The minimum atomic E-state index is -5.10. The Kier molecular flexibility index (Phi) is 12.0. The highest BCUT2D eigenvalue weighted by Gasteiger charge is 2.64. The number of amides is 4. The second kappa shape index (κ2) is 16.4. The van der Waals surface area contributed by atoms with Gasteiger partial charge in [-0.05, 0) is 108 Å². The zero-order chi connectivity index (χ0) is 45.2. The van der Waals surface area contributed by atoms with Crippen LogP contribution >= 0.6 is 0 Å². The van der Waals surface area contributed by atoms with Crippen LogP contribution in [0.3, 0.4) is 0 Å². The number of aryl methyl sites for hydroxylation is 1. The van der Waals surface area contributed by atoms with Crippen molar-refractivity contribution in [3.8, 4) is 17.5 Å². The van der Waals surface area contributed by atoms with Gasteiger partial charge in [0.15, 0.2) is 0 Å². The Hall–Kier alpha value is -4.81. The molecule has 0 bridgehead atoms. The van der Waals surface area contributed by atoms with Crippen molar-refractivity contribution in [2.24, 2.45) is 17.8 Å². The van der Waals surface area contributed by atoms with E-state index in [9.17, 15) is 41.1 Å².